The van der Waals surface area contributed by atoms with Crippen molar-refractivity contribution in [1.82, 2.24) is 4.98 Å². The van der Waals surface area contributed by atoms with E-state index in [1.54, 1.807) is 11.8 Å². The normalized spacial score (nSPS) is 12.9. The molecule has 1 aromatic heterocycles. The van der Waals surface area contributed by atoms with Gasteiger partial charge >= 0.3 is 0 Å². The van der Waals surface area contributed by atoms with Crippen LogP contribution >= 0.6 is 35.0 Å². The summed E-state index contributed by atoms with van der Waals surface area (Å²) >= 11 is 13.8. The summed E-state index contributed by atoms with van der Waals surface area (Å²) in [6.07, 6.45) is 0. The van der Waals surface area contributed by atoms with Gasteiger partial charge in [0.25, 0.3) is 0 Å². The van der Waals surface area contributed by atoms with Gasteiger partial charge in [-0.25, -0.2) is 4.98 Å². The molecule has 0 aliphatic carbocycles. The van der Waals surface area contributed by atoms with Gasteiger partial charge in [0.1, 0.15) is 5.15 Å². The minimum Gasteiger partial charge on any atom is -0.327 e. The number of halogens is 2. The van der Waals surface area contributed by atoms with E-state index in [4.69, 9.17) is 28.9 Å². The molecule has 2 nitrogen and oxygen atoms in total. The van der Waals surface area contributed by atoms with Crippen molar-refractivity contribution >= 4 is 35.0 Å². The molecule has 0 aliphatic heterocycles. The van der Waals surface area contributed by atoms with Crippen molar-refractivity contribution in [1.29, 1.82) is 0 Å². The number of hydrogen-bond donors (Lipinski definition) is 1. The Morgan fingerprint density at radius 1 is 1.53 bits per heavy atom. The molecular formula is C10H14Cl2N2S. The van der Waals surface area contributed by atoms with Gasteiger partial charge in [0.15, 0.2) is 0 Å². The number of nitrogens with two attached hydrogens (primary N) is 1. The SMILES string of the molecule is Cc1cc(Cl)c(CSCC(C)N)c(Cl)n1. The standard InChI is InChI=1S/C10H14Cl2N2S/c1-6(13)4-15-5-8-9(11)3-7(2)14-10(8)12/h3,6H,4-5,13H2,1-2H3. The average Bonchev–Trinajstić information content (AvgIpc) is 2.08. The van der Waals surface area contributed by atoms with Crippen LogP contribution in [0, 0.1) is 6.92 Å². The van der Waals surface area contributed by atoms with Gasteiger partial charge in [-0.05, 0) is 19.9 Å². The highest BCUT2D eigenvalue weighted by Crippen LogP contribution is 2.27. The summed E-state index contributed by atoms with van der Waals surface area (Å²) in [5.41, 5.74) is 7.39. The molecule has 0 saturated heterocycles. The highest BCUT2D eigenvalue weighted by molar-refractivity contribution is 7.98. The summed E-state index contributed by atoms with van der Waals surface area (Å²) in [4.78, 5) is 4.17. The third-order valence-corrected chi connectivity index (χ3v) is 3.68. The summed E-state index contributed by atoms with van der Waals surface area (Å²) in [7, 11) is 0. The molecule has 0 bridgehead atoms. The predicted molar refractivity (Wildman–Crippen MR) is 68.8 cm³/mol. The van der Waals surface area contributed by atoms with Crippen molar-refractivity contribution in [3.05, 3.63) is 27.5 Å². The highest BCUT2D eigenvalue weighted by atomic mass is 35.5. The van der Waals surface area contributed by atoms with Crippen LogP contribution in [0.5, 0.6) is 0 Å². The maximum Gasteiger partial charge on any atom is 0.134 e. The van der Waals surface area contributed by atoms with Gasteiger partial charge in [0.05, 0.1) is 0 Å². The smallest absolute Gasteiger partial charge is 0.134 e. The van der Waals surface area contributed by atoms with Gasteiger partial charge < -0.3 is 5.73 Å². The first-order chi connectivity index (χ1) is 7.00. The first-order valence-corrected chi connectivity index (χ1v) is 6.56. The van der Waals surface area contributed by atoms with Crippen LogP contribution < -0.4 is 5.73 Å². The lowest BCUT2D eigenvalue weighted by molar-refractivity contribution is 0.847. The van der Waals surface area contributed by atoms with Gasteiger partial charge in [-0.2, -0.15) is 11.8 Å². The summed E-state index contributed by atoms with van der Waals surface area (Å²) in [6.45, 7) is 3.85. The number of hydrogen-bond acceptors (Lipinski definition) is 3. The largest absolute Gasteiger partial charge is 0.327 e. The van der Waals surface area contributed by atoms with Crippen LogP contribution in [0.15, 0.2) is 6.07 Å². The fourth-order valence-electron chi connectivity index (χ4n) is 1.10. The zero-order valence-electron chi connectivity index (χ0n) is 8.76. The van der Waals surface area contributed by atoms with Crippen molar-refractivity contribution in [3.8, 4) is 0 Å². The molecule has 0 amide bonds. The van der Waals surface area contributed by atoms with E-state index in [1.807, 2.05) is 19.9 Å². The number of thioether (sulfide) groups is 1. The molecule has 1 rings (SSSR count). The van der Waals surface area contributed by atoms with E-state index >= 15 is 0 Å². The number of nitrogens with zero attached hydrogens (tertiary/aromatic N) is 1. The van der Waals surface area contributed by atoms with Crippen LogP contribution in [0.4, 0.5) is 0 Å². The molecule has 0 spiro atoms. The fraction of sp³-hybridized carbons (Fsp3) is 0.500. The van der Waals surface area contributed by atoms with Crippen molar-refractivity contribution in [2.75, 3.05) is 5.75 Å². The monoisotopic (exact) mass is 264 g/mol. The van der Waals surface area contributed by atoms with E-state index in [0.717, 1.165) is 22.8 Å². The summed E-state index contributed by atoms with van der Waals surface area (Å²) < 4.78 is 0. The molecule has 15 heavy (non-hydrogen) atoms. The Morgan fingerprint density at radius 2 is 2.20 bits per heavy atom. The molecule has 0 aromatic carbocycles. The topological polar surface area (TPSA) is 38.9 Å². The fourth-order valence-corrected chi connectivity index (χ4v) is 2.91. The van der Waals surface area contributed by atoms with Crippen LogP contribution in [0.25, 0.3) is 0 Å². The number of rotatable bonds is 4. The van der Waals surface area contributed by atoms with Gasteiger partial charge in [-0.1, -0.05) is 23.2 Å². The number of pyridine rings is 1. The Morgan fingerprint density at radius 3 is 2.73 bits per heavy atom. The van der Waals surface area contributed by atoms with Crippen LogP contribution in [0.2, 0.25) is 10.2 Å². The Balaban J connectivity index is 2.68. The van der Waals surface area contributed by atoms with E-state index in [1.165, 1.54) is 0 Å². The maximum absolute atomic E-state index is 6.08. The molecule has 1 atom stereocenters. The van der Waals surface area contributed by atoms with Crippen molar-refractivity contribution in [3.63, 3.8) is 0 Å². The van der Waals surface area contributed by atoms with E-state index in [9.17, 15) is 0 Å². The lowest BCUT2D eigenvalue weighted by Gasteiger charge is -2.08. The molecule has 84 valence electrons. The third-order valence-electron chi connectivity index (χ3n) is 1.77. The molecule has 0 fully saturated rings. The van der Waals surface area contributed by atoms with Gasteiger partial charge in [-0.15, -0.1) is 0 Å². The van der Waals surface area contributed by atoms with E-state index in [-0.39, 0.29) is 6.04 Å². The van der Waals surface area contributed by atoms with Crippen LogP contribution in [0.3, 0.4) is 0 Å². The Kier molecular flexibility index (Phi) is 5.19. The average molecular weight is 265 g/mol. The molecule has 5 heteroatoms. The van der Waals surface area contributed by atoms with Crippen molar-refractivity contribution in [2.45, 2.75) is 25.6 Å². The second-order valence-corrected chi connectivity index (χ2v) is 5.30. The summed E-state index contributed by atoms with van der Waals surface area (Å²) in [5.74, 6) is 1.65. The minimum atomic E-state index is 0.186. The second kappa shape index (κ2) is 5.94. The van der Waals surface area contributed by atoms with E-state index in [2.05, 4.69) is 4.98 Å². The van der Waals surface area contributed by atoms with Gasteiger partial charge in [-0.3, -0.25) is 0 Å². The predicted octanol–water partition coefficient (Wildman–Crippen LogP) is 3.28. The van der Waals surface area contributed by atoms with Gasteiger partial charge in [0.2, 0.25) is 0 Å². The Labute approximate surface area is 105 Å². The van der Waals surface area contributed by atoms with Gasteiger partial charge in [0, 0.05) is 33.8 Å². The zero-order chi connectivity index (χ0) is 11.4. The lowest BCUT2D eigenvalue weighted by Crippen LogP contribution is -2.17. The molecule has 0 radical (unpaired) electrons. The highest BCUT2D eigenvalue weighted by Gasteiger charge is 2.08. The molecule has 1 heterocycles. The van der Waals surface area contributed by atoms with Crippen LogP contribution in [-0.2, 0) is 5.75 Å². The molecular weight excluding hydrogens is 251 g/mol. The molecule has 1 aromatic rings. The second-order valence-electron chi connectivity index (χ2n) is 3.51. The zero-order valence-corrected chi connectivity index (χ0v) is 11.1. The Hall–Kier alpha value is 0.0400. The summed E-state index contributed by atoms with van der Waals surface area (Å²) in [6, 6.07) is 2.01. The van der Waals surface area contributed by atoms with Crippen LogP contribution in [-0.4, -0.2) is 16.8 Å². The molecule has 0 aliphatic rings. The molecule has 0 saturated carbocycles. The van der Waals surface area contributed by atoms with Crippen molar-refractivity contribution in [2.24, 2.45) is 5.73 Å². The first kappa shape index (κ1) is 13.1. The van der Waals surface area contributed by atoms with E-state index in [0.29, 0.717) is 10.2 Å². The molecule has 2 N–H and O–H groups in total. The van der Waals surface area contributed by atoms with Crippen molar-refractivity contribution < 1.29 is 0 Å². The van der Waals surface area contributed by atoms with Crippen LogP contribution in [0.1, 0.15) is 18.2 Å². The first-order valence-electron chi connectivity index (χ1n) is 4.65. The Bertz CT molecular complexity index is 319. The number of aromatic nitrogens is 1. The minimum absolute atomic E-state index is 0.186. The number of aryl methyl sites for hydroxylation is 1. The van der Waals surface area contributed by atoms with E-state index < -0.39 is 0 Å². The summed E-state index contributed by atoms with van der Waals surface area (Å²) in [5, 5.41) is 1.18. The molecule has 1 unspecified atom stereocenters. The lowest BCUT2D eigenvalue weighted by atomic mass is 10.3. The quantitative estimate of drug-likeness (QED) is 0.849. The third kappa shape index (κ3) is 4.19. The maximum atomic E-state index is 6.08.